The minimum Gasteiger partial charge on any atom is -0.487 e. The Hall–Kier alpha value is -1.88. The number of ether oxygens (including phenoxy) is 1. The predicted octanol–water partition coefficient (Wildman–Crippen LogP) is 3.22. The summed E-state index contributed by atoms with van der Waals surface area (Å²) in [5, 5.41) is 9.11. The Morgan fingerprint density at radius 1 is 1.47 bits per heavy atom. The van der Waals surface area contributed by atoms with Gasteiger partial charge < -0.3 is 9.84 Å². The largest absolute Gasteiger partial charge is 0.487 e. The van der Waals surface area contributed by atoms with Crippen molar-refractivity contribution in [2.24, 2.45) is 0 Å². The van der Waals surface area contributed by atoms with Crippen molar-refractivity contribution in [3.05, 3.63) is 35.0 Å². The fraction of sp³-hybridized carbons (Fsp3) is 0.286. The fourth-order valence-corrected chi connectivity index (χ4v) is 3.13. The van der Waals surface area contributed by atoms with Gasteiger partial charge in [-0.25, -0.2) is 9.78 Å². The molecule has 19 heavy (non-hydrogen) atoms. The molecule has 1 N–H and O–H groups in total. The third kappa shape index (κ3) is 2.10. The van der Waals surface area contributed by atoms with Crippen LogP contribution in [0.4, 0.5) is 0 Å². The number of benzene rings is 1. The summed E-state index contributed by atoms with van der Waals surface area (Å²) >= 11 is 1.34. The molecule has 2 aromatic rings. The lowest BCUT2D eigenvalue weighted by Crippen LogP contribution is -2.24. The normalized spacial score (nSPS) is 15.9. The molecule has 4 nitrogen and oxygen atoms in total. The molecular weight excluding hydrogens is 262 g/mol. The number of nitrogens with zero attached hydrogens (tertiary/aromatic N) is 1. The highest BCUT2D eigenvalue weighted by Crippen LogP contribution is 2.38. The van der Waals surface area contributed by atoms with E-state index in [2.05, 4.69) is 4.98 Å². The maximum absolute atomic E-state index is 11.1. The van der Waals surface area contributed by atoms with Gasteiger partial charge in [-0.1, -0.05) is 0 Å². The lowest BCUT2D eigenvalue weighted by atomic mass is 9.99. The minimum atomic E-state index is -0.992. The van der Waals surface area contributed by atoms with Gasteiger partial charge in [0.1, 0.15) is 11.4 Å². The van der Waals surface area contributed by atoms with E-state index in [1.54, 1.807) is 5.51 Å². The SMILES string of the molecule is CC1(C)Cc2cc(-c3scnc3C(=O)O)ccc2O1. The number of hydrogen-bond donors (Lipinski definition) is 1. The summed E-state index contributed by atoms with van der Waals surface area (Å²) in [4.78, 5) is 15.7. The fourth-order valence-electron chi connectivity index (χ4n) is 2.35. The Bertz CT molecular complexity index is 660. The average molecular weight is 275 g/mol. The number of aromatic carboxylic acids is 1. The molecule has 5 heteroatoms. The molecule has 2 heterocycles. The molecule has 0 unspecified atom stereocenters. The van der Waals surface area contributed by atoms with E-state index in [-0.39, 0.29) is 11.3 Å². The number of carbonyl (C=O) groups is 1. The number of hydrogen-bond acceptors (Lipinski definition) is 4. The Labute approximate surface area is 114 Å². The maximum Gasteiger partial charge on any atom is 0.356 e. The van der Waals surface area contributed by atoms with Crippen molar-refractivity contribution in [2.45, 2.75) is 25.9 Å². The number of thiazole rings is 1. The van der Waals surface area contributed by atoms with Crippen LogP contribution in [0.5, 0.6) is 5.75 Å². The minimum absolute atomic E-state index is 0.114. The molecule has 0 radical (unpaired) electrons. The highest BCUT2D eigenvalue weighted by Gasteiger charge is 2.30. The Balaban J connectivity index is 2.05. The van der Waals surface area contributed by atoms with Gasteiger partial charge in [-0.2, -0.15) is 0 Å². The molecular formula is C14H13NO3S. The number of carboxylic acids is 1. The van der Waals surface area contributed by atoms with E-state index in [9.17, 15) is 4.79 Å². The van der Waals surface area contributed by atoms with Crippen LogP contribution in [0.2, 0.25) is 0 Å². The zero-order valence-corrected chi connectivity index (χ0v) is 11.5. The molecule has 98 valence electrons. The van der Waals surface area contributed by atoms with Crippen molar-refractivity contribution in [2.75, 3.05) is 0 Å². The summed E-state index contributed by atoms with van der Waals surface area (Å²) in [6.07, 6.45) is 0.831. The number of fused-ring (bicyclic) bond motifs is 1. The van der Waals surface area contributed by atoms with Crippen LogP contribution in [0.25, 0.3) is 10.4 Å². The zero-order valence-electron chi connectivity index (χ0n) is 10.6. The van der Waals surface area contributed by atoms with Crippen molar-refractivity contribution in [1.29, 1.82) is 0 Å². The summed E-state index contributed by atoms with van der Waals surface area (Å²) in [7, 11) is 0. The molecule has 0 amide bonds. The molecule has 3 rings (SSSR count). The van der Waals surface area contributed by atoms with Gasteiger partial charge in [-0.3, -0.25) is 0 Å². The van der Waals surface area contributed by atoms with Crippen LogP contribution in [0.3, 0.4) is 0 Å². The number of carboxylic acid groups (broad SMARTS) is 1. The van der Waals surface area contributed by atoms with Crippen LogP contribution in [-0.4, -0.2) is 21.7 Å². The molecule has 0 bridgehead atoms. The van der Waals surface area contributed by atoms with E-state index < -0.39 is 5.97 Å². The van der Waals surface area contributed by atoms with E-state index in [1.165, 1.54) is 11.3 Å². The third-order valence-corrected chi connectivity index (χ3v) is 3.97. The molecule has 0 spiro atoms. The molecule has 1 aliphatic rings. The van der Waals surface area contributed by atoms with E-state index in [0.717, 1.165) is 23.3 Å². The Kier molecular flexibility index (Phi) is 2.60. The van der Waals surface area contributed by atoms with E-state index in [1.807, 2.05) is 32.0 Å². The predicted molar refractivity (Wildman–Crippen MR) is 72.9 cm³/mol. The quantitative estimate of drug-likeness (QED) is 0.914. The van der Waals surface area contributed by atoms with Gasteiger partial charge in [0.15, 0.2) is 5.69 Å². The van der Waals surface area contributed by atoms with Crippen molar-refractivity contribution < 1.29 is 14.6 Å². The summed E-state index contributed by atoms with van der Waals surface area (Å²) < 4.78 is 5.82. The first-order chi connectivity index (χ1) is 8.96. The highest BCUT2D eigenvalue weighted by atomic mass is 32.1. The Morgan fingerprint density at radius 2 is 2.26 bits per heavy atom. The van der Waals surface area contributed by atoms with Crippen molar-refractivity contribution in [3.8, 4) is 16.2 Å². The maximum atomic E-state index is 11.1. The number of aromatic nitrogens is 1. The van der Waals surface area contributed by atoms with Gasteiger partial charge in [0.05, 0.1) is 10.4 Å². The second-order valence-electron chi connectivity index (χ2n) is 5.20. The molecule has 1 aromatic heterocycles. The van der Waals surface area contributed by atoms with Crippen molar-refractivity contribution >= 4 is 17.3 Å². The first-order valence-electron chi connectivity index (χ1n) is 5.95. The number of rotatable bonds is 2. The third-order valence-electron chi connectivity index (χ3n) is 3.10. The average Bonchev–Trinajstić information content (AvgIpc) is 2.89. The standard InChI is InChI=1S/C14H13NO3S/c1-14(2)6-9-5-8(3-4-10(9)18-14)12-11(13(16)17)15-7-19-12/h3-5,7H,6H2,1-2H3,(H,16,17). The summed E-state index contributed by atoms with van der Waals surface area (Å²) in [5.74, 6) is -0.108. The van der Waals surface area contributed by atoms with Crippen LogP contribution in [-0.2, 0) is 6.42 Å². The van der Waals surface area contributed by atoms with Gasteiger partial charge in [0.2, 0.25) is 0 Å². The molecule has 0 saturated heterocycles. The van der Waals surface area contributed by atoms with Crippen LogP contribution in [0.1, 0.15) is 29.9 Å². The molecule has 1 aliphatic heterocycles. The van der Waals surface area contributed by atoms with Crippen LogP contribution in [0.15, 0.2) is 23.7 Å². The highest BCUT2D eigenvalue weighted by molar-refractivity contribution is 7.13. The van der Waals surface area contributed by atoms with Crippen LogP contribution < -0.4 is 4.74 Å². The van der Waals surface area contributed by atoms with E-state index >= 15 is 0 Å². The second kappa shape index (κ2) is 4.06. The zero-order chi connectivity index (χ0) is 13.6. The first kappa shape index (κ1) is 12.2. The summed E-state index contributed by atoms with van der Waals surface area (Å²) in [6.45, 7) is 4.09. The van der Waals surface area contributed by atoms with Gasteiger partial charge >= 0.3 is 5.97 Å². The summed E-state index contributed by atoms with van der Waals surface area (Å²) in [6, 6.07) is 5.80. The van der Waals surface area contributed by atoms with Crippen molar-refractivity contribution in [3.63, 3.8) is 0 Å². The van der Waals surface area contributed by atoms with Gasteiger partial charge in [-0.15, -0.1) is 11.3 Å². The molecule has 1 aromatic carbocycles. The topological polar surface area (TPSA) is 59.4 Å². The van der Waals surface area contributed by atoms with Crippen LogP contribution in [0, 0.1) is 0 Å². The summed E-state index contributed by atoms with van der Waals surface area (Å²) in [5.41, 5.74) is 3.49. The van der Waals surface area contributed by atoms with E-state index in [4.69, 9.17) is 9.84 Å². The van der Waals surface area contributed by atoms with Gasteiger partial charge in [0, 0.05) is 6.42 Å². The Morgan fingerprint density at radius 3 is 3.00 bits per heavy atom. The lowest BCUT2D eigenvalue weighted by Gasteiger charge is -2.16. The smallest absolute Gasteiger partial charge is 0.356 e. The van der Waals surface area contributed by atoms with Gasteiger partial charge in [-0.05, 0) is 43.2 Å². The first-order valence-corrected chi connectivity index (χ1v) is 6.83. The molecule has 0 saturated carbocycles. The lowest BCUT2D eigenvalue weighted by molar-refractivity contribution is 0.0692. The molecule has 0 fully saturated rings. The molecule has 0 atom stereocenters. The van der Waals surface area contributed by atoms with Gasteiger partial charge in [0.25, 0.3) is 0 Å². The van der Waals surface area contributed by atoms with E-state index in [0.29, 0.717) is 4.88 Å². The van der Waals surface area contributed by atoms with Crippen molar-refractivity contribution in [1.82, 2.24) is 4.98 Å². The molecule has 0 aliphatic carbocycles. The van der Waals surface area contributed by atoms with Crippen LogP contribution >= 0.6 is 11.3 Å². The second-order valence-corrected chi connectivity index (χ2v) is 6.05. The monoisotopic (exact) mass is 275 g/mol.